The van der Waals surface area contributed by atoms with Crippen LogP contribution in [-0.2, 0) is 4.74 Å². The highest BCUT2D eigenvalue weighted by atomic mass is 16.5. The molecule has 0 bridgehead atoms. The van der Waals surface area contributed by atoms with E-state index < -0.39 is 0 Å². The molecular weight excluding hydrogens is 204 g/mol. The number of anilines is 2. The number of nitrogen functional groups attached to an aromatic ring is 1. The van der Waals surface area contributed by atoms with E-state index >= 15 is 0 Å². The molecule has 1 atom stereocenters. The Kier molecular flexibility index (Phi) is 3.58. The van der Waals surface area contributed by atoms with Crippen LogP contribution in [0, 0.1) is 0 Å². The molecule has 16 heavy (non-hydrogen) atoms. The van der Waals surface area contributed by atoms with Gasteiger partial charge in [-0.05, 0) is 18.6 Å². The van der Waals surface area contributed by atoms with Crippen molar-refractivity contribution in [1.29, 1.82) is 0 Å². The Balaban J connectivity index is 2.20. The summed E-state index contributed by atoms with van der Waals surface area (Å²) in [4.78, 5) is 6.73. The van der Waals surface area contributed by atoms with E-state index in [9.17, 15) is 0 Å². The van der Waals surface area contributed by atoms with Crippen LogP contribution in [0.3, 0.4) is 0 Å². The summed E-state index contributed by atoms with van der Waals surface area (Å²) in [6.45, 7) is 4.59. The highest BCUT2D eigenvalue weighted by Gasteiger charge is 2.22. The third-order valence-corrected chi connectivity index (χ3v) is 2.88. The van der Waals surface area contributed by atoms with Crippen LogP contribution in [0.1, 0.15) is 13.3 Å². The smallest absolute Gasteiger partial charge is 0.142 e. The monoisotopic (exact) mass is 222 g/mol. The van der Waals surface area contributed by atoms with Crippen molar-refractivity contribution in [2.24, 2.45) is 5.84 Å². The summed E-state index contributed by atoms with van der Waals surface area (Å²) in [5.41, 5.74) is 2.57. The number of morpholine rings is 1. The van der Waals surface area contributed by atoms with Crippen LogP contribution in [0.4, 0.5) is 11.6 Å². The minimum Gasteiger partial charge on any atom is -0.377 e. The van der Waals surface area contributed by atoms with E-state index in [2.05, 4.69) is 22.2 Å². The highest BCUT2D eigenvalue weighted by molar-refractivity contribution is 5.47. The van der Waals surface area contributed by atoms with Crippen molar-refractivity contribution in [1.82, 2.24) is 4.98 Å². The van der Waals surface area contributed by atoms with E-state index in [4.69, 9.17) is 10.6 Å². The Bertz CT molecular complexity index is 345. The molecule has 1 aliphatic heterocycles. The van der Waals surface area contributed by atoms with Gasteiger partial charge in [-0.3, -0.25) is 0 Å². The first-order chi connectivity index (χ1) is 7.85. The maximum atomic E-state index is 5.47. The summed E-state index contributed by atoms with van der Waals surface area (Å²) < 4.78 is 5.47. The summed E-state index contributed by atoms with van der Waals surface area (Å²) in [6, 6.07) is 6.23. The number of aromatic nitrogens is 1. The molecule has 1 saturated heterocycles. The molecule has 1 fully saturated rings. The number of nitrogens with one attached hydrogen (secondary N) is 1. The lowest BCUT2D eigenvalue weighted by Gasteiger charge is -2.36. The minimum atomic E-state index is 0.411. The first-order valence-corrected chi connectivity index (χ1v) is 5.63. The van der Waals surface area contributed by atoms with E-state index in [0.717, 1.165) is 32.0 Å². The lowest BCUT2D eigenvalue weighted by molar-refractivity contribution is 0.0926. The van der Waals surface area contributed by atoms with Gasteiger partial charge in [0, 0.05) is 6.54 Å². The van der Waals surface area contributed by atoms with Crippen LogP contribution >= 0.6 is 0 Å². The van der Waals surface area contributed by atoms with Crippen molar-refractivity contribution in [3.63, 3.8) is 0 Å². The lowest BCUT2D eigenvalue weighted by Crippen LogP contribution is -2.45. The van der Waals surface area contributed by atoms with Gasteiger partial charge in [0.1, 0.15) is 11.6 Å². The first kappa shape index (κ1) is 11.2. The highest BCUT2D eigenvalue weighted by Crippen LogP contribution is 2.20. The van der Waals surface area contributed by atoms with E-state index in [-0.39, 0.29) is 0 Å². The molecule has 1 aromatic heterocycles. The molecule has 0 amide bonds. The normalized spacial score (nSPS) is 20.9. The van der Waals surface area contributed by atoms with Gasteiger partial charge in [-0.2, -0.15) is 0 Å². The molecule has 0 aliphatic carbocycles. The number of nitrogens with zero attached hydrogens (tertiary/aromatic N) is 2. The zero-order valence-corrected chi connectivity index (χ0v) is 9.52. The maximum absolute atomic E-state index is 5.47. The van der Waals surface area contributed by atoms with Gasteiger partial charge in [-0.1, -0.05) is 13.0 Å². The number of hydrogen-bond acceptors (Lipinski definition) is 5. The van der Waals surface area contributed by atoms with E-state index in [0.29, 0.717) is 11.9 Å². The van der Waals surface area contributed by atoms with Crippen LogP contribution in [0.25, 0.3) is 0 Å². The molecule has 1 aromatic rings. The standard InChI is InChI=1S/C11H18N4O/c1-2-9-8-16-7-6-15(9)11-5-3-4-10(13-11)14-12/h3-5,9H,2,6-8,12H2,1H3,(H,13,14). The van der Waals surface area contributed by atoms with Crippen molar-refractivity contribution in [2.75, 3.05) is 30.1 Å². The second-order valence-corrected chi connectivity index (χ2v) is 3.86. The molecule has 0 radical (unpaired) electrons. The second-order valence-electron chi connectivity index (χ2n) is 3.86. The van der Waals surface area contributed by atoms with Gasteiger partial charge in [-0.25, -0.2) is 10.8 Å². The molecule has 5 nitrogen and oxygen atoms in total. The summed E-state index contributed by atoms with van der Waals surface area (Å²) in [6.07, 6.45) is 1.06. The van der Waals surface area contributed by atoms with Gasteiger partial charge in [0.25, 0.3) is 0 Å². The largest absolute Gasteiger partial charge is 0.377 e. The summed E-state index contributed by atoms with van der Waals surface area (Å²) in [7, 11) is 0. The molecule has 2 heterocycles. The predicted molar refractivity (Wildman–Crippen MR) is 64.3 cm³/mol. The Hall–Kier alpha value is -1.33. The number of pyridine rings is 1. The molecule has 3 N–H and O–H groups in total. The molecule has 1 unspecified atom stereocenters. The van der Waals surface area contributed by atoms with E-state index in [1.807, 2.05) is 18.2 Å². The van der Waals surface area contributed by atoms with Crippen LogP contribution in [0.15, 0.2) is 18.2 Å². The molecule has 2 rings (SSSR count). The predicted octanol–water partition coefficient (Wildman–Crippen LogP) is 0.982. The number of nitrogens with two attached hydrogens (primary N) is 1. The molecule has 1 aliphatic rings. The van der Waals surface area contributed by atoms with Crippen LogP contribution in [0.5, 0.6) is 0 Å². The molecule has 0 spiro atoms. The molecule has 5 heteroatoms. The zero-order chi connectivity index (χ0) is 11.4. The van der Waals surface area contributed by atoms with Gasteiger partial charge in [0.2, 0.25) is 0 Å². The van der Waals surface area contributed by atoms with Crippen molar-refractivity contribution < 1.29 is 4.74 Å². The minimum absolute atomic E-state index is 0.411. The molecule has 88 valence electrons. The van der Waals surface area contributed by atoms with Gasteiger partial charge in [0.15, 0.2) is 0 Å². The number of hydrazine groups is 1. The number of ether oxygens (including phenoxy) is 1. The Morgan fingerprint density at radius 3 is 3.25 bits per heavy atom. The third kappa shape index (κ3) is 2.25. The average molecular weight is 222 g/mol. The molecular formula is C11H18N4O. The third-order valence-electron chi connectivity index (χ3n) is 2.88. The van der Waals surface area contributed by atoms with Crippen molar-refractivity contribution in [3.05, 3.63) is 18.2 Å². The average Bonchev–Trinajstić information content (AvgIpc) is 2.38. The van der Waals surface area contributed by atoms with Gasteiger partial charge in [0.05, 0.1) is 19.3 Å². The van der Waals surface area contributed by atoms with E-state index in [1.54, 1.807) is 0 Å². The van der Waals surface area contributed by atoms with Crippen LogP contribution < -0.4 is 16.2 Å². The van der Waals surface area contributed by atoms with Gasteiger partial charge >= 0.3 is 0 Å². The Labute approximate surface area is 95.6 Å². The quantitative estimate of drug-likeness (QED) is 0.589. The lowest BCUT2D eigenvalue weighted by atomic mass is 10.2. The summed E-state index contributed by atoms with van der Waals surface area (Å²) in [5.74, 6) is 7.02. The zero-order valence-electron chi connectivity index (χ0n) is 9.52. The van der Waals surface area contributed by atoms with Gasteiger partial charge in [-0.15, -0.1) is 0 Å². The summed E-state index contributed by atoms with van der Waals surface area (Å²) in [5, 5.41) is 0. The van der Waals surface area contributed by atoms with Crippen molar-refractivity contribution in [2.45, 2.75) is 19.4 Å². The first-order valence-electron chi connectivity index (χ1n) is 5.63. The SMILES string of the molecule is CCC1COCCN1c1cccc(NN)n1. The van der Waals surface area contributed by atoms with Crippen molar-refractivity contribution >= 4 is 11.6 Å². The fraction of sp³-hybridized carbons (Fsp3) is 0.545. The maximum Gasteiger partial charge on any atom is 0.142 e. The fourth-order valence-electron chi connectivity index (χ4n) is 1.96. The molecule has 0 aromatic carbocycles. The Morgan fingerprint density at radius 1 is 1.62 bits per heavy atom. The Morgan fingerprint density at radius 2 is 2.50 bits per heavy atom. The molecule has 0 saturated carbocycles. The van der Waals surface area contributed by atoms with Gasteiger partial charge < -0.3 is 15.1 Å². The second kappa shape index (κ2) is 5.14. The summed E-state index contributed by atoms with van der Waals surface area (Å²) >= 11 is 0. The van der Waals surface area contributed by atoms with E-state index in [1.165, 1.54) is 0 Å². The number of rotatable bonds is 3. The van der Waals surface area contributed by atoms with Crippen LogP contribution in [0.2, 0.25) is 0 Å². The fourth-order valence-corrected chi connectivity index (χ4v) is 1.96. The van der Waals surface area contributed by atoms with Crippen LogP contribution in [-0.4, -0.2) is 30.8 Å². The number of hydrogen-bond donors (Lipinski definition) is 2. The topological polar surface area (TPSA) is 63.4 Å². The van der Waals surface area contributed by atoms with Crippen molar-refractivity contribution in [3.8, 4) is 0 Å².